The molecule has 0 fully saturated rings. The summed E-state index contributed by atoms with van der Waals surface area (Å²) in [6, 6.07) is 13.7. The summed E-state index contributed by atoms with van der Waals surface area (Å²) in [5, 5.41) is 0. The van der Waals surface area contributed by atoms with Crippen LogP contribution in [0.2, 0.25) is 0 Å². The first-order valence-corrected chi connectivity index (χ1v) is 7.45. The standard InChI is InChI=1S/C16H18FNS/c1-12-3-2-4-13(7-12)10-19-11-14-5-6-16(17)15(8-14)9-18/h2-8H,9-11,18H2,1H3. The van der Waals surface area contributed by atoms with Gasteiger partial charge in [0.2, 0.25) is 0 Å². The van der Waals surface area contributed by atoms with Gasteiger partial charge in [0.25, 0.3) is 0 Å². The normalized spacial score (nSPS) is 10.7. The molecule has 0 aliphatic heterocycles. The lowest BCUT2D eigenvalue weighted by atomic mass is 10.1. The molecule has 3 heteroatoms. The maximum Gasteiger partial charge on any atom is 0.127 e. The first-order chi connectivity index (χ1) is 9.19. The fourth-order valence-corrected chi connectivity index (χ4v) is 2.90. The van der Waals surface area contributed by atoms with Gasteiger partial charge in [0.1, 0.15) is 5.82 Å². The van der Waals surface area contributed by atoms with Gasteiger partial charge in [-0.25, -0.2) is 4.39 Å². The van der Waals surface area contributed by atoms with Gasteiger partial charge in [-0.05, 0) is 24.1 Å². The number of halogens is 1. The largest absolute Gasteiger partial charge is 0.326 e. The molecular formula is C16H18FNS. The van der Waals surface area contributed by atoms with Gasteiger partial charge in [0.15, 0.2) is 0 Å². The van der Waals surface area contributed by atoms with Crippen molar-refractivity contribution in [2.75, 3.05) is 0 Å². The van der Waals surface area contributed by atoms with E-state index in [0.29, 0.717) is 5.56 Å². The van der Waals surface area contributed by atoms with Gasteiger partial charge in [-0.15, -0.1) is 0 Å². The van der Waals surface area contributed by atoms with Crippen LogP contribution in [-0.2, 0) is 18.1 Å². The fraction of sp³-hybridized carbons (Fsp3) is 0.250. The Hall–Kier alpha value is -1.32. The molecule has 2 N–H and O–H groups in total. The Kier molecular flexibility index (Phi) is 5.00. The predicted molar refractivity (Wildman–Crippen MR) is 80.5 cm³/mol. The third kappa shape index (κ3) is 4.08. The van der Waals surface area contributed by atoms with Crippen LogP contribution < -0.4 is 5.73 Å². The lowest BCUT2D eigenvalue weighted by Gasteiger charge is -2.06. The van der Waals surface area contributed by atoms with Crippen molar-refractivity contribution in [1.82, 2.24) is 0 Å². The molecule has 2 aromatic rings. The van der Waals surface area contributed by atoms with Crippen molar-refractivity contribution in [3.05, 3.63) is 70.5 Å². The summed E-state index contributed by atoms with van der Waals surface area (Å²) >= 11 is 1.83. The third-order valence-corrected chi connectivity index (χ3v) is 4.02. The van der Waals surface area contributed by atoms with E-state index in [2.05, 4.69) is 31.2 Å². The fourth-order valence-electron chi connectivity index (χ4n) is 1.96. The van der Waals surface area contributed by atoms with Crippen molar-refractivity contribution in [2.24, 2.45) is 5.73 Å². The van der Waals surface area contributed by atoms with Gasteiger partial charge in [-0.3, -0.25) is 0 Å². The van der Waals surface area contributed by atoms with Crippen LogP contribution in [0.15, 0.2) is 42.5 Å². The van der Waals surface area contributed by atoms with E-state index in [4.69, 9.17) is 5.73 Å². The lowest BCUT2D eigenvalue weighted by Crippen LogP contribution is -2.00. The first-order valence-electron chi connectivity index (χ1n) is 6.29. The van der Waals surface area contributed by atoms with Crippen LogP contribution in [0.5, 0.6) is 0 Å². The Morgan fingerprint density at radius 3 is 2.47 bits per heavy atom. The molecular weight excluding hydrogens is 257 g/mol. The topological polar surface area (TPSA) is 26.0 Å². The smallest absolute Gasteiger partial charge is 0.127 e. The highest BCUT2D eigenvalue weighted by Gasteiger charge is 2.02. The van der Waals surface area contributed by atoms with E-state index in [1.165, 1.54) is 17.2 Å². The molecule has 1 nitrogen and oxygen atoms in total. The minimum absolute atomic E-state index is 0.213. The molecule has 0 amide bonds. The Balaban J connectivity index is 1.92. The first kappa shape index (κ1) is 14.1. The summed E-state index contributed by atoms with van der Waals surface area (Å²) in [5.41, 5.74) is 9.83. The van der Waals surface area contributed by atoms with Gasteiger partial charge in [0.05, 0.1) is 0 Å². The van der Waals surface area contributed by atoms with E-state index >= 15 is 0 Å². The van der Waals surface area contributed by atoms with Crippen molar-refractivity contribution in [3.8, 4) is 0 Å². The molecule has 0 aromatic heterocycles. The van der Waals surface area contributed by atoms with Crippen LogP contribution in [0.25, 0.3) is 0 Å². The predicted octanol–water partition coefficient (Wildman–Crippen LogP) is 4.03. The van der Waals surface area contributed by atoms with Gasteiger partial charge in [-0.1, -0.05) is 42.0 Å². The van der Waals surface area contributed by atoms with E-state index in [-0.39, 0.29) is 12.4 Å². The van der Waals surface area contributed by atoms with E-state index in [1.54, 1.807) is 0 Å². The van der Waals surface area contributed by atoms with Crippen LogP contribution in [0, 0.1) is 12.7 Å². The Bertz CT molecular complexity index is 554. The number of hydrogen-bond acceptors (Lipinski definition) is 2. The number of rotatable bonds is 5. The molecule has 0 atom stereocenters. The summed E-state index contributed by atoms with van der Waals surface area (Å²) in [6.45, 7) is 2.35. The van der Waals surface area contributed by atoms with E-state index < -0.39 is 0 Å². The molecule has 0 aliphatic rings. The quantitative estimate of drug-likeness (QED) is 0.891. The maximum atomic E-state index is 13.3. The Morgan fingerprint density at radius 2 is 1.79 bits per heavy atom. The van der Waals surface area contributed by atoms with Crippen molar-refractivity contribution in [2.45, 2.75) is 25.0 Å². The van der Waals surface area contributed by atoms with Gasteiger partial charge in [0, 0.05) is 23.6 Å². The summed E-state index contributed by atoms with van der Waals surface area (Å²) < 4.78 is 13.3. The number of benzene rings is 2. The summed E-state index contributed by atoms with van der Waals surface area (Å²) in [4.78, 5) is 0. The zero-order valence-electron chi connectivity index (χ0n) is 11.0. The minimum Gasteiger partial charge on any atom is -0.326 e. The van der Waals surface area contributed by atoms with Crippen LogP contribution >= 0.6 is 11.8 Å². The maximum absolute atomic E-state index is 13.3. The Labute approximate surface area is 118 Å². The van der Waals surface area contributed by atoms with Crippen LogP contribution in [0.3, 0.4) is 0 Å². The lowest BCUT2D eigenvalue weighted by molar-refractivity contribution is 0.610. The summed E-state index contributed by atoms with van der Waals surface area (Å²) in [7, 11) is 0. The molecule has 2 aromatic carbocycles. The van der Waals surface area contributed by atoms with E-state index in [0.717, 1.165) is 17.1 Å². The van der Waals surface area contributed by atoms with Gasteiger partial charge in [-0.2, -0.15) is 11.8 Å². The SMILES string of the molecule is Cc1cccc(CSCc2ccc(F)c(CN)c2)c1. The number of thioether (sulfide) groups is 1. The number of aryl methyl sites for hydroxylation is 1. The zero-order valence-corrected chi connectivity index (χ0v) is 11.8. The molecule has 19 heavy (non-hydrogen) atoms. The second kappa shape index (κ2) is 6.73. The average Bonchev–Trinajstić information content (AvgIpc) is 2.41. The minimum atomic E-state index is -0.213. The number of nitrogens with two attached hydrogens (primary N) is 1. The molecule has 0 aliphatic carbocycles. The molecule has 0 saturated carbocycles. The van der Waals surface area contributed by atoms with Crippen LogP contribution in [-0.4, -0.2) is 0 Å². The van der Waals surface area contributed by atoms with Crippen LogP contribution in [0.1, 0.15) is 22.3 Å². The Morgan fingerprint density at radius 1 is 1.05 bits per heavy atom. The average molecular weight is 275 g/mol. The molecule has 0 unspecified atom stereocenters. The van der Waals surface area contributed by atoms with Crippen molar-refractivity contribution in [3.63, 3.8) is 0 Å². The zero-order chi connectivity index (χ0) is 13.7. The second-order valence-electron chi connectivity index (χ2n) is 4.61. The molecule has 0 saturated heterocycles. The van der Waals surface area contributed by atoms with Crippen molar-refractivity contribution >= 4 is 11.8 Å². The molecule has 0 heterocycles. The van der Waals surface area contributed by atoms with Crippen molar-refractivity contribution in [1.29, 1.82) is 0 Å². The highest BCUT2D eigenvalue weighted by atomic mass is 32.2. The molecule has 100 valence electrons. The van der Waals surface area contributed by atoms with Gasteiger partial charge < -0.3 is 5.73 Å². The second-order valence-corrected chi connectivity index (χ2v) is 5.60. The monoisotopic (exact) mass is 275 g/mol. The highest BCUT2D eigenvalue weighted by Crippen LogP contribution is 2.20. The molecule has 0 radical (unpaired) electrons. The molecule has 2 rings (SSSR count). The summed E-state index contributed by atoms with van der Waals surface area (Å²) in [6.07, 6.45) is 0. The number of hydrogen-bond donors (Lipinski definition) is 1. The van der Waals surface area contributed by atoms with E-state index in [9.17, 15) is 4.39 Å². The van der Waals surface area contributed by atoms with Crippen LogP contribution in [0.4, 0.5) is 4.39 Å². The van der Waals surface area contributed by atoms with Gasteiger partial charge >= 0.3 is 0 Å². The van der Waals surface area contributed by atoms with Crippen molar-refractivity contribution < 1.29 is 4.39 Å². The molecule has 0 bridgehead atoms. The third-order valence-electron chi connectivity index (χ3n) is 2.95. The highest BCUT2D eigenvalue weighted by molar-refractivity contribution is 7.97. The molecule has 0 spiro atoms. The van der Waals surface area contributed by atoms with E-state index in [1.807, 2.05) is 23.9 Å². The summed E-state index contributed by atoms with van der Waals surface area (Å²) in [5.74, 6) is 1.63.